The van der Waals surface area contributed by atoms with Crippen LogP contribution in [0, 0.1) is 0 Å². The van der Waals surface area contributed by atoms with Crippen molar-refractivity contribution in [1.29, 1.82) is 0 Å². The predicted molar refractivity (Wildman–Crippen MR) is 78.8 cm³/mol. The Kier molecular flexibility index (Phi) is 7.22. The van der Waals surface area contributed by atoms with E-state index in [9.17, 15) is 8.42 Å². The van der Waals surface area contributed by atoms with Gasteiger partial charge in [-0.3, -0.25) is 0 Å². The Bertz CT molecular complexity index is 483. The van der Waals surface area contributed by atoms with Crippen molar-refractivity contribution in [1.82, 2.24) is 10.0 Å². The largest absolute Gasteiger partial charge is 0.447 e. The molecule has 0 aliphatic heterocycles. The Morgan fingerprint density at radius 3 is 2.95 bits per heavy atom. The fourth-order valence-corrected chi connectivity index (χ4v) is 3.02. The third kappa shape index (κ3) is 5.82. The maximum absolute atomic E-state index is 11.9. The topological polar surface area (TPSA) is 71.3 Å². The van der Waals surface area contributed by atoms with Gasteiger partial charge in [-0.15, -0.1) is 6.58 Å². The van der Waals surface area contributed by atoms with Crippen LogP contribution in [0.2, 0.25) is 0 Å². The van der Waals surface area contributed by atoms with Crippen LogP contribution in [-0.4, -0.2) is 33.0 Å². The van der Waals surface area contributed by atoms with Crippen LogP contribution in [0.25, 0.3) is 0 Å². The zero-order valence-electron chi connectivity index (χ0n) is 11.0. The van der Waals surface area contributed by atoms with Crippen LogP contribution in [0.5, 0.6) is 0 Å². The van der Waals surface area contributed by atoms with E-state index >= 15 is 0 Å². The van der Waals surface area contributed by atoms with Crippen LogP contribution >= 0.6 is 11.8 Å². The average Bonchev–Trinajstić information content (AvgIpc) is 2.85. The van der Waals surface area contributed by atoms with Crippen molar-refractivity contribution in [3.05, 3.63) is 30.5 Å². The van der Waals surface area contributed by atoms with Gasteiger partial charge in [-0.1, -0.05) is 13.0 Å². The summed E-state index contributed by atoms with van der Waals surface area (Å²) in [4.78, 5) is 0. The summed E-state index contributed by atoms with van der Waals surface area (Å²) in [5, 5.41) is 3.04. The van der Waals surface area contributed by atoms with Gasteiger partial charge in [0.1, 0.15) is 5.76 Å². The molecule has 1 rings (SSSR count). The number of hydrogen-bond donors (Lipinski definition) is 2. The summed E-state index contributed by atoms with van der Waals surface area (Å²) >= 11 is 1.62. The third-order valence-corrected chi connectivity index (χ3v) is 4.52. The van der Waals surface area contributed by atoms with Crippen molar-refractivity contribution in [3.8, 4) is 0 Å². The number of thioether (sulfide) groups is 1. The van der Waals surface area contributed by atoms with Crippen LogP contribution in [0.1, 0.15) is 12.7 Å². The molecule has 5 nitrogen and oxygen atoms in total. The molecule has 0 spiro atoms. The van der Waals surface area contributed by atoms with Crippen LogP contribution < -0.4 is 10.0 Å². The monoisotopic (exact) mass is 304 g/mol. The highest BCUT2D eigenvalue weighted by atomic mass is 32.2. The molecule has 19 heavy (non-hydrogen) atoms. The molecule has 7 heteroatoms. The lowest BCUT2D eigenvalue weighted by Crippen LogP contribution is -2.25. The molecule has 0 atom stereocenters. The molecule has 0 aliphatic carbocycles. The second-order valence-electron chi connectivity index (χ2n) is 3.76. The fourth-order valence-electron chi connectivity index (χ4n) is 1.33. The van der Waals surface area contributed by atoms with E-state index in [-0.39, 0.29) is 5.09 Å². The molecule has 108 valence electrons. The quantitative estimate of drug-likeness (QED) is 0.507. The van der Waals surface area contributed by atoms with E-state index < -0.39 is 10.0 Å². The maximum Gasteiger partial charge on any atom is 0.273 e. The summed E-state index contributed by atoms with van der Waals surface area (Å²) in [5.41, 5.74) is 0. The standard InChI is InChI=1S/C12H20N2O3S2/c1-3-8-18-9-7-14-19(15,16)12-6-5-11(17-12)10-13-4-2/h3,5-6,13-14H,1,4,7-10H2,2H3. The van der Waals surface area contributed by atoms with Gasteiger partial charge in [0.05, 0.1) is 6.54 Å². The van der Waals surface area contributed by atoms with E-state index in [0.717, 1.165) is 12.3 Å². The minimum atomic E-state index is -3.54. The van der Waals surface area contributed by atoms with E-state index in [1.807, 2.05) is 6.92 Å². The molecule has 0 radical (unpaired) electrons. The highest BCUT2D eigenvalue weighted by Crippen LogP contribution is 2.13. The average molecular weight is 304 g/mol. The number of hydrogen-bond acceptors (Lipinski definition) is 5. The highest BCUT2D eigenvalue weighted by Gasteiger charge is 2.17. The molecule has 0 aliphatic rings. The van der Waals surface area contributed by atoms with E-state index in [0.29, 0.717) is 24.6 Å². The Hall–Kier alpha value is -0.760. The first-order valence-electron chi connectivity index (χ1n) is 6.08. The first-order valence-corrected chi connectivity index (χ1v) is 8.71. The van der Waals surface area contributed by atoms with Crippen molar-refractivity contribution in [2.75, 3.05) is 24.6 Å². The fraction of sp³-hybridized carbons (Fsp3) is 0.500. The molecule has 0 aromatic carbocycles. The number of nitrogens with one attached hydrogen (secondary N) is 2. The van der Waals surface area contributed by atoms with Gasteiger partial charge in [-0.2, -0.15) is 11.8 Å². The maximum atomic E-state index is 11.9. The molecule has 0 bridgehead atoms. The molecular weight excluding hydrogens is 284 g/mol. The van der Waals surface area contributed by atoms with E-state index in [1.165, 1.54) is 6.07 Å². The van der Waals surface area contributed by atoms with Crippen LogP contribution in [-0.2, 0) is 16.6 Å². The molecule has 1 heterocycles. The van der Waals surface area contributed by atoms with Crippen molar-refractivity contribution >= 4 is 21.8 Å². The van der Waals surface area contributed by atoms with Gasteiger partial charge in [0.15, 0.2) is 0 Å². The van der Waals surface area contributed by atoms with Gasteiger partial charge < -0.3 is 9.73 Å². The number of sulfonamides is 1. The zero-order valence-corrected chi connectivity index (χ0v) is 12.6. The van der Waals surface area contributed by atoms with E-state index in [4.69, 9.17) is 4.42 Å². The molecule has 1 aromatic heterocycles. The summed E-state index contributed by atoms with van der Waals surface area (Å²) < 4.78 is 31.6. The Balaban J connectivity index is 2.47. The molecule has 0 amide bonds. The molecule has 0 unspecified atom stereocenters. The smallest absolute Gasteiger partial charge is 0.273 e. The second-order valence-corrected chi connectivity index (χ2v) is 6.61. The van der Waals surface area contributed by atoms with Gasteiger partial charge in [0.25, 0.3) is 10.0 Å². The summed E-state index contributed by atoms with van der Waals surface area (Å²) in [6, 6.07) is 3.15. The zero-order chi connectivity index (χ0) is 14.1. The molecular formula is C12H20N2O3S2. The summed E-state index contributed by atoms with van der Waals surface area (Å²) in [7, 11) is -3.54. The van der Waals surface area contributed by atoms with Crippen LogP contribution in [0.4, 0.5) is 0 Å². The lowest BCUT2D eigenvalue weighted by atomic mass is 10.4. The van der Waals surface area contributed by atoms with Crippen molar-refractivity contribution in [2.45, 2.75) is 18.6 Å². The molecule has 2 N–H and O–H groups in total. The van der Waals surface area contributed by atoms with Crippen LogP contribution in [0.15, 0.2) is 34.3 Å². The van der Waals surface area contributed by atoms with Crippen molar-refractivity contribution in [3.63, 3.8) is 0 Å². The lowest BCUT2D eigenvalue weighted by molar-refractivity contribution is 0.402. The first kappa shape index (κ1) is 16.3. The minimum Gasteiger partial charge on any atom is -0.447 e. The van der Waals surface area contributed by atoms with Gasteiger partial charge in [-0.25, -0.2) is 13.1 Å². The van der Waals surface area contributed by atoms with Gasteiger partial charge in [0, 0.05) is 18.1 Å². The molecule has 0 fully saturated rings. The Labute approximate surface area is 118 Å². The normalized spacial score (nSPS) is 11.6. The van der Waals surface area contributed by atoms with Crippen molar-refractivity contribution in [2.24, 2.45) is 0 Å². The minimum absolute atomic E-state index is 0.0332. The van der Waals surface area contributed by atoms with Gasteiger partial charge in [-0.05, 0) is 18.7 Å². The number of furan rings is 1. The number of rotatable bonds is 10. The first-order chi connectivity index (χ1) is 9.10. The summed E-state index contributed by atoms with van der Waals surface area (Å²) in [6.07, 6.45) is 1.79. The van der Waals surface area contributed by atoms with Gasteiger partial charge in [0.2, 0.25) is 5.09 Å². The van der Waals surface area contributed by atoms with E-state index in [1.54, 1.807) is 23.9 Å². The van der Waals surface area contributed by atoms with Gasteiger partial charge >= 0.3 is 0 Å². The highest BCUT2D eigenvalue weighted by molar-refractivity contribution is 7.99. The van der Waals surface area contributed by atoms with E-state index in [2.05, 4.69) is 16.6 Å². The Morgan fingerprint density at radius 2 is 2.26 bits per heavy atom. The van der Waals surface area contributed by atoms with Crippen LogP contribution in [0.3, 0.4) is 0 Å². The molecule has 1 aromatic rings. The third-order valence-electron chi connectivity index (χ3n) is 2.23. The molecule has 0 saturated heterocycles. The molecule has 0 saturated carbocycles. The SMILES string of the molecule is C=CCSCCNS(=O)(=O)c1ccc(CNCC)o1. The predicted octanol–water partition coefficient (Wildman–Crippen LogP) is 1.59. The van der Waals surface area contributed by atoms with Crippen molar-refractivity contribution < 1.29 is 12.8 Å². The summed E-state index contributed by atoms with van der Waals surface area (Å²) in [5.74, 6) is 2.13. The summed E-state index contributed by atoms with van der Waals surface area (Å²) in [6.45, 7) is 7.29. The lowest BCUT2D eigenvalue weighted by Gasteiger charge is -2.03. The Morgan fingerprint density at radius 1 is 1.47 bits per heavy atom. The second kappa shape index (κ2) is 8.42.